The Labute approximate surface area is 134 Å². The van der Waals surface area contributed by atoms with Crippen molar-refractivity contribution in [3.63, 3.8) is 0 Å². The minimum Gasteiger partial charge on any atom is -0.381 e. The normalized spacial score (nSPS) is 16.2. The highest BCUT2D eigenvalue weighted by Crippen LogP contribution is 2.50. The van der Waals surface area contributed by atoms with Crippen molar-refractivity contribution >= 4 is 5.57 Å². The molecule has 0 saturated heterocycles. The summed E-state index contributed by atoms with van der Waals surface area (Å²) in [6.45, 7) is 13.5. The van der Waals surface area contributed by atoms with Gasteiger partial charge >= 0.3 is 0 Å². The van der Waals surface area contributed by atoms with Gasteiger partial charge in [0.25, 0.3) is 0 Å². The van der Waals surface area contributed by atoms with E-state index >= 15 is 0 Å². The Morgan fingerprint density at radius 1 is 1.05 bits per heavy atom. The second kappa shape index (κ2) is 7.75. The summed E-state index contributed by atoms with van der Waals surface area (Å²) in [4.78, 5) is 0. The Morgan fingerprint density at radius 2 is 1.59 bits per heavy atom. The highest BCUT2D eigenvalue weighted by Gasteiger charge is 2.42. The lowest BCUT2D eigenvalue weighted by Crippen LogP contribution is -2.41. The molecule has 22 heavy (non-hydrogen) atoms. The van der Waals surface area contributed by atoms with Gasteiger partial charge in [-0.2, -0.15) is 0 Å². The summed E-state index contributed by atoms with van der Waals surface area (Å²) in [5.41, 5.74) is 5.37. The van der Waals surface area contributed by atoms with Crippen LogP contribution in [-0.4, -0.2) is 26.4 Å². The molecular formula is C20H28O2. The van der Waals surface area contributed by atoms with Crippen LogP contribution in [0.4, 0.5) is 0 Å². The van der Waals surface area contributed by atoms with Crippen molar-refractivity contribution in [3.8, 4) is 0 Å². The van der Waals surface area contributed by atoms with E-state index in [1.165, 1.54) is 16.7 Å². The summed E-state index contributed by atoms with van der Waals surface area (Å²) < 4.78 is 11.4. The molecule has 1 aromatic rings. The average Bonchev–Trinajstić information content (AvgIpc) is 2.48. The molecular weight excluding hydrogens is 272 g/mol. The van der Waals surface area contributed by atoms with Crippen LogP contribution in [0.15, 0.2) is 48.1 Å². The van der Waals surface area contributed by atoms with Crippen molar-refractivity contribution in [3.05, 3.63) is 53.6 Å². The number of ether oxygens (including phenoxy) is 2. The van der Waals surface area contributed by atoms with Gasteiger partial charge in [-0.1, -0.05) is 48.1 Å². The molecule has 1 fully saturated rings. The second-order valence-electron chi connectivity index (χ2n) is 6.25. The van der Waals surface area contributed by atoms with Crippen LogP contribution in [0.5, 0.6) is 0 Å². The summed E-state index contributed by atoms with van der Waals surface area (Å²) in [7, 11) is 0. The molecule has 0 radical (unpaired) electrons. The first kappa shape index (κ1) is 17.0. The number of hydrogen-bond acceptors (Lipinski definition) is 2. The van der Waals surface area contributed by atoms with Gasteiger partial charge in [-0.15, -0.1) is 0 Å². The molecule has 2 nitrogen and oxygen atoms in total. The van der Waals surface area contributed by atoms with Gasteiger partial charge < -0.3 is 9.47 Å². The first-order valence-electron chi connectivity index (χ1n) is 8.20. The van der Waals surface area contributed by atoms with E-state index in [2.05, 4.69) is 43.8 Å². The summed E-state index contributed by atoms with van der Waals surface area (Å²) in [5, 5.41) is 0. The minimum atomic E-state index is 0.150. The molecule has 0 bridgehead atoms. The maximum absolute atomic E-state index is 5.71. The Kier molecular flexibility index (Phi) is 5.98. The van der Waals surface area contributed by atoms with Crippen molar-refractivity contribution in [2.45, 2.75) is 33.6 Å². The van der Waals surface area contributed by atoms with E-state index in [0.717, 1.165) is 44.8 Å². The van der Waals surface area contributed by atoms with Crippen molar-refractivity contribution in [2.24, 2.45) is 5.41 Å². The molecule has 1 saturated carbocycles. The van der Waals surface area contributed by atoms with Crippen molar-refractivity contribution < 1.29 is 9.47 Å². The zero-order valence-electron chi connectivity index (χ0n) is 14.2. The van der Waals surface area contributed by atoms with Gasteiger partial charge in [0.15, 0.2) is 0 Å². The monoisotopic (exact) mass is 300 g/mol. The van der Waals surface area contributed by atoms with Crippen LogP contribution in [0.2, 0.25) is 0 Å². The summed E-state index contributed by atoms with van der Waals surface area (Å²) >= 11 is 0. The van der Waals surface area contributed by atoms with E-state index in [1.807, 2.05) is 13.8 Å². The predicted octanol–water partition coefficient (Wildman–Crippen LogP) is 4.87. The molecule has 0 aromatic heterocycles. The summed E-state index contributed by atoms with van der Waals surface area (Å²) in [6, 6.07) is 10.6. The maximum Gasteiger partial charge on any atom is 0.0550 e. The SMILES string of the molecule is C=C(C)C(=C1CC(COCC)(COCC)C1)c1ccccc1. The highest BCUT2D eigenvalue weighted by atomic mass is 16.5. The summed E-state index contributed by atoms with van der Waals surface area (Å²) in [5.74, 6) is 0. The van der Waals surface area contributed by atoms with Crippen molar-refractivity contribution in [1.29, 1.82) is 0 Å². The Morgan fingerprint density at radius 3 is 2.05 bits per heavy atom. The van der Waals surface area contributed by atoms with E-state index < -0.39 is 0 Å². The lowest BCUT2D eigenvalue weighted by atomic mass is 9.64. The second-order valence-corrected chi connectivity index (χ2v) is 6.25. The molecule has 2 heteroatoms. The molecule has 2 rings (SSSR count). The third-order valence-corrected chi connectivity index (χ3v) is 4.24. The molecule has 120 valence electrons. The average molecular weight is 300 g/mol. The lowest BCUT2D eigenvalue weighted by Gasteiger charge is -2.45. The van der Waals surface area contributed by atoms with Crippen molar-refractivity contribution in [1.82, 2.24) is 0 Å². The quantitative estimate of drug-likeness (QED) is 0.682. The van der Waals surface area contributed by atoms with E-state index in [-0.39, 0.29) is 5.41 Å². The Bertz CT molecular complexity index is 510. The fraction of sp³-hybridized carbons (Fsp3) is 0.500. The van der Waals surface area contributed by atoms with Crippen LogP contribution in [0, 0.1) is 5.41 Å². The van der Waals surface area contributed by atoms with Gasteiger partial charge in [-0.25, -0.2) is 0 Å². The number of allylic oxidation sites excluding steroid dienone is 3. The fourth-order valence-corrected chi connectivity index (χ4v) is 3.27. The van der Waals surface area contributed by atoms with E-state index in [4.69, 9.17) is 9.47 Å². The Balaban J connectivity index is 2.20. The number of benzene rings is 1. The third-order valence-electron chi connectivity index (χ3n) is 4.24. The molecule has 0 N–H and O–H groups in total. The fourth-order valence-electron chi connectivity index (χ4n) is 3.27. The van der Waals surface area contributed by atoms with Crippen LogP contribution >= 0.6 is 0 Å². The summed E-state index contributed by atoms with van der Waals surface area (Å²) in [6.07, 6.45) is 2.09. The van der Waals surface area contributed by atoms with Gasteiger partial charge in [0.05, 0.1) is 13.2 Å². The van der Waals surface area contributed by atoms with Gasteiger partial charge in [-0.05, 0) is 44.7 Å². The van der Waals surface area contributed by atoms with E-state index in [0.29, 0.717) is 0 Å². The first-order valence-corrected chi connectivity index (χ1v) is 8.20. The molecule has 0 spiro atoms. The van der Waals surface area contributed by atoms with Gasteiger partial charge in [-0.3, -0.25) is 0 Å². The van der Waals surface area contributed by atoms with Crippen LogP contribution in [-0.2, 0) is 9.47 Å². The van der Waals surface area contributed by atoms with Gasteiger partial charge in [0.1, 0.15) is 0 Å². The maximum atomic E-state index is 5.71. The van der Waals surface area contributed by atoms with E-state index in [9.17, 15) is 0 Å². The van der Waals surface area contributed by atoms with E-state index in [1.54, 1.807) is 0 Å². The number of rotatable bonds is 8. The van der Waals surface area contributed by atoms with Crippen LogP contribution < -0.4 is 0 Å². The topological polar surface area (TPSA) is 18.5 Å². The standard InChI is InChI=1S/C20H28O2/c1-5-21-14-20(15-22-6-2)12-18(13-20)19(16(3)4)17-10-8-7-9-11-17/h7-11H,3,5-6,12-15H2,1-2,4H3. The van der Waals surface area contributed by atoms with Crippen LogP contribution in [0.25, 0.3) is 5.57 Å². The van der Waals surface area contributed by atoms with Gasteiger partial charge in [0.2, 0.25) is 0 Å². The first-order chi connectivity index (χ1) is 10.6. The zero-order valence-corrected chi connectivity index (χ0v) is 14.2. The lowest BCUT2D eigenvalue weighted by molar-refractivity contribution is -0.0383. The molecule has 1 aliphatic carbocycles. The van der Waals surface area contributed by atoms with Crippen LogP contribution in [0.3, 0.4) is 0 Å². The molecule has 1 aliphatic rings. The highest BCUT2D eigenvalue weighted by molar-refractivity contribution is 5.81. The minimum absolute atomic E-state index is 0.150. The van der Waals surface area contributed by atoms with Crippen molar-refractivity contribution in [2.75, 3.05) is 26.4 Å². The predicted molar refractivity (Wildman–Crippen MR) is 92.8 cm³/mol. The smallest absolute Gasteiger partial charge is 0.0550 e. The molecule has 0 heterocycles. The molecule has 0 atom stereocenters. The molecule has 0 aliphatic heterocycles. The Hall–Kier alpha value is -1.38. The number of hydrogen-bond donors (Lipinski definition) is 0. The largest absolute Gasteiger partial charge is 0.381 e. The van der Waals surface area contributed by atoms with Gasteiger partial charge in [0, 0.05) is 18.6 Å². The molecule has 0 unspecified atom stereocenters. The molecule has 1 aromatic carbocycles. The zero-order chi connectivity index (χ0) is 16.0. The van der Waals surface area contributed by atoms with Crippen LogP contribution in [0.1, 0.15) is 39.2 Å². The third kappa shape index (κ3) is 3.88. The molecule has 0 amide bonds.